The van der Waals surface area contributed by atoms with Crippen LogP contribution in [0.5, 0.6) is 0 Å². The number of hydrogen-bond acceptors (Lipinski definition) is 6. The Morgan fingerprint density at radius 3 is 1.25 bits per heavy atom. The average molecular weight is 455 g/mol. The summed E-state index contributed by atoms with van der Waals surface area (Å²) in [5, 5.41) is 19.6. The lowest BCUT2D eigenvalue weighted by atomic mass is 10.1. The third kappa shape index (κ3) is 18.0. The zero-order chi connectivity index (χ0) is 23.9. The third-order valence-electron chi connectivity index (χ3n) is 5.29. The Labute approximate surface area is 195 Å². The van der Waals surface area contributed by atoms with Gasteiger partial charge >= 0.3 is 11.9 Å². The van der Waals surface area contributed by atoms with Crippen molar-refractivity contribution in [3.63, 3.8) is 0 Å². The molecule has 0 aromatic carbocycles. The number of carbonyl (C=O) groups excluding carboxylic acids is 2. The molecule has 0 aliphatic carbocycles. The van der Waals surface area contributed by atoms with Gasteiger partial charge < -0.3 is 19.7 Å². The van der Waals surface area contributed by atoms with E-state index in [1.807, 2.05) is 0 Å². The van der Waals surface area contributed by atoms with Crippen molar-refractivity contribution in [2.75, 3.05) is 0 Å². The van der Waals surface area contributed by atoms with Gasteiger partial charge in [0.1, 0.15) is 0 Å². The summed E-state index contributed by atoms with van der Waals surface area (Å²) in [6.45, 7) is 4.39. The van der Waals surface area contributed by atoms with E-state index in [1.165, 1.54) is 76.7 Å². The summed E-state index contributed by atoms with van der Waals surface area (Å²) in [7, 11) is 0. The van der Waals surface area contributed by atoms with Gasteiger partial charge in [0.2, 0.25) is 0 Å². The predicted octanol–water partition coefficient (Wildman–Crippen LogP) is 6.10. The van der Waals surface area contributed by atoms with Crippen LogP contribution in [-0.4, -0.2) is 34.4 Å². The molecule has 0 spiro atoms. The molecule has 0 bridgehead atoms. The second-order valence-corrected chi connectivity index (χ2v) is 8.33. The van der Waals surface area contributed by atoms with Crippen LogP contribution in [0.1, 0.15) is 117 Å². The molecule has 32 heavy (non-hydrogen) atoms. The maximum absolute atomic E-state index is 11.8. The molecule has 2 atom stereocenters. The van der Waals surface area contributed by atoms with Crippen molar-refractivity contribution in [3.8, 4) is 0 Å². The Bertz CT molecular complexity index is 468. The first-order chi connectivity index (χ1) is 15.5. The number of carbonyl (C=O) groups is 2. The molecule has 2 N–H and O–H groups in total. The number of unbranched alkanes of at least 4 members (excludes halogenated alkanes) is 14. The van der Waals surface area contributed by atoms with E-state index in [9.17, 15) is 19.8 Å². The summed E-state index contributed by atoms with van der Waals surface area (Å²) in [6.07, 6.45) is 20.1. The summed E-state index contributed by atoms with van der Waals surface area (Å²) in [6, 6.07) is 0. The van der Waals surface area contributed by atoms with Crippen LogP contribution in [0.4, 0.5) is 0 Å². The van der Waals surface area contributed by atoms with Crippen LogP contribution in [0.25, 0.3) is 0 Å². The molecule has 0 heterocycles. The van der Waals surface area contributed by atoms with Crippen molar-refractivity contribution in [2.45, 2.75) is 129 Å². The van der Waals surface area contributed by atoms with Crippen molar-refractivity contribution in [1.82, 2.24) is 0 Å². The number of rotatable bonds is 21. The van der Waals surface area contributed by atoms with Crippen molar-refractivity contribution < 1.29 is 29.3 Å². The highest BCUT2D eigenvalue weighted by molar-refractivity contribution is 5.85. The fourth-order valence-corrected chi connectivity index (χ4v) is 3.20. The Hall–Kier alpha value is -1.66. The zero-order valence-electron chi connectivity index (χ0n) is 20.3. The first kappa shape index (κ1) is 30.3. The lowest BCUT2D eigenvalue weighted by Gasteiger charge is -2.13. The number of aliphatic hydroxyl groups is 2. The minimum atomic E-state index is -1.98. The topological polar surface area (TPSA) is 93.1 Å². The Balaban J connectivity index is 3.85. The molecule has 0 saturated heterocycles. The van der Waals surface area contributed by atoms with Gasteiger partial charge in [-0.25, -0.2) is 9.59 Å². The van der Waals surface area contributed by atoms with Crippen LogP contribution in [-0.2, 0) is 19.1 Å². The van der Waals surface area contributed by atoms with E-state index in [0.29, 0.717) is 0 Å². The van der Waals surface area contributed by atoms with E-state index in [4.69, 9.17) is 9.47 Å². The number of aliphatic hydroxyl groups excluding tert-OH is 2. The van der Waals surface area contributed by atoms with E-state index >= 15 is 0 Å². The highest BCUT2D eigenvalue weighted by Crippen LogP contribution is 2.10. The van der Waals surface area contributed by atoms with Crippen molar-refractivity contribution in [1.29, 1.82) is 0 Å². The lowest BCUT2D eigenvalue weighted by molar-refractivity contribution is -0.166. The van der Waals surface area contributed by atoms with Crippen LogP contribution >= 0.6 is 0 Å². The second kappa shape index (κ2) is 22.5. The Kier molecular flexibility index (Phi) is 21.4. The third-order valence-corrected chi connectivity index (χ3v) is 5.29. The molecule has 0 radical (unpaired) electrons. The average Bonchev–Trinajstić information content (AvgIpc) is 2.80. The standard InChI is InChI=1S/C26H46O6/c1-3-5-7-9-11-13-15-17-19-21-31-25(29)23(27)24(28)26(30)32-22-20-18-16-14-12-10-8-6-4-2/h19-24,27-28H,3-18H2,1-2H3. The van der Waals surface area contributed by atoms with Crippen LogP contribution in [0, 0.1) is 0 Å². The van der Waals surface area contributed by atoms with Gasteiger partial charge in [0.25, 0.3) is 0 Å². The maximum Gasteiger partial charge on any atom is 0.343 e. The second-order valence-electron chi connectivity index (χ2n) is 8.33. The van der Waals surface area contributed by atoms with Crippen molar-refractivity contribution >= 4 is 11.9 Å². The van der Waals surface area contributed by atoms with E-state index in [1.54, 1.807) is 12.2 Å². The molecule has 0 rings (SSSR count). The molecule has 0 aliphatic rings. The molecule has 186 valence electrons. The zero-order valence-corrected chi connectivity index (χ0v) is 20.3. The van der Waals surface area contributed by atoms with Gasteiger partial charge in [0.05, 0.1) is 12.5 Å². The summed E-state index contributed by atoms with van der Waals surface area (Å²) in [5.41, 5.74) is 0. The van der Waals surface area contributed by atoms with Crippen molar-refractivity contribution in [2.24, 2.45) is 0 Å². The van der Waals surface area contributed by atoms with Crippen molar-refractivity contribution in [3.05, 3.63) is 24.7 Å². The van der Waals surface area contributed by atoms with Gasteiger partial charge in [-0.05, 0) is 37.8 Å². The Morgan fingerprint density at radius 1 is 0.594 bits per heavy atom. The van der Waals surface area contributed by atoms with Crippen LogP contribution in [0.3, 0.4) is 0 Å². The fourth-order valence-electron chi connectivity index (χ4n) is 3.20. The molecule has 0 amide bonds. The van der Waals surface area contributed by atoms with E-state index in [2.05, 4.69) is 13.8 Å². The minimum absolute atomic E-state index is 0.769. The normalized spacial score (nSPS) is 13.5. The highest BCUT2D eigenvalue weighted by Gasteiger charge is 2.32. The van der Waals surface area contributed by atoms with Crippen LogP contribution < -0.4 is 0 Å². The quantitative estimate of drug-likeness (QED) is 0.124. The highest BCUT2D eigenvalue weighted by atomic mass is 16.6. The summed E-state index contributed by atoms with van der Waals surface area (Å²) in [4.78, 5) is 23.5. The monoisotopic (exact) mass is 454 g/mol. The van der Waals surface area contributed by atoms with Gasteiger partial charge in [0.15, 0.2) is 12.2 Å². The molecule has 0 fully saturated rings. The SMILES string of the molecule is CCCCCCCCCC=COC(=O)C(O)C(O)C(=O)OC=CCCCCCCCCC. The molecule has 0 saturated carbocycles. The van der Waals surface area contributed by atoms with Crippen LogP contribution in [0.15, 0.2) is 24.7 Å². The molecule has 0 aliphatic heterocycles. The first-order valence-electron chi connectivity index (χ1n) is 12.6. The Morgan fingerprint density at radius 2 is 0.906 bits per heavy atom. The van der Waals surface area contributed by atoms with E-state index in [0.717, 1.165) is 38.5 Å². The minimum Gasteiger partial charge on any atom is -0.433 e. The number of allylic oxidation sites excluding steroid dienone is 2. The summed E-state index contributed by atoms with van der Waals surface area (Å²) >= 11 is 0. The van der Waals surface area contributed by atoms with E-state index < -0.39 is 24.1 Å². The molecular weight excluding hydrogens is 408 g/mol. The van der Waals surface area contributed by atoms with Gasteiger partial charge in [-0.1, -0.05) is 90.9 Å². The lowest BCUT2D eigenvalue weighted by Crippen LogP contribution is -2.40. The molecule has 6 heteroatoms. The van der Waals surface area contributed by atoms with Crippen LogP contribution in [0.2, 0.25) is 0 Å². The molecule has 6 nitrogen and oxygen atoms in total. The smallest absolute Gasteiger partial charge is 0.343 e. The van der Waals surface area contributed by atoms with E-state index in [-0.39, 0.29) is 0 Å². The largest absolute Gasteiger partial charge is 0.433 e. The van der Waals surface area contributed by atoms with Gasteiger partial charge in [-0.3, -0.25) is 0 Å². The molecule has 0 aromatic rings. The fraction of sp³-hybridized carbons (Fsp3) is 0.769. The predicted molar refractivity (Wildman–Crippen MR) is 128 cm³/mol. The maximum atomic E-state index is 11.8. The first-order valence-corrected chi connectivity index (χ1v) is 12.6. The summed E-state index contributed by atoms with van der Waals surface area (Å²) < 4.78 is 9.57. The van der Waals surface area contributed by atoms with Gasteiger partial charge in [-0.15, -0.1) is 0 Å². The number of ether oxygens (including phenoxy) is 2. The molecule has 2 unspecified atom stereocenters. The summed E-state index contributed by atoms with van der Waals surface area (Å²) in [5.74, 6) is -2.17. The molecular formula is C26H46O6. The van der Waals surface area contributed by atoms with Gasteiger partial charge in [0, 0.05) is 0 Å². The number of esters is 2. The molecule has 0 aromatic heterocycles. The van der Waals surface area contributed by atoms with Gasteiger partial charge in [-0.2, -0.15) is 0 Å². The number of hydrogen-bond donors (Lipinski definition) is 2.